The van der Waals surface area contributed by atoms with Crippen LogP contribution in [0, 0.1) is 0 Å². The Hall–Kier alpha value is -0.370. The molecular formula is C18H29Cl3N4OS. The molecule has 0 aliphatic carbocycles. The minimum atomic E-state index is 0. The Kier molecular flexibility index (Phi) is 9.52. The van der Waals surface area contributed by atoms with Gasteiger partial charge in [-0.2, -0.15) is 0 Å². The van der Waals surface area contributed by atoms with Gasteiger partial charge in [-0.1, -0.05) is 44.1 Å². The zero-order chi connectivity index (χ0) is 18.0. The molecule has 2 N–H and O–H groups in total. The highest BCUT2D eigenvalue weighted by Gasteiger charge is 2.22. The summed E-state index contributed by atoms with van der Waals surface area (Å²) in [6, 6.07) is 4.08. The van der Waals surface area contributed by atoms with Crippen molar-refractivity contribution in [2.24, 2.45) is 0 Å². The van der Waals surface area contributed by atoms with Crippen LogP contribution in [0.15, 0.2) is 17.3 Å². The number of aromatic nitrogens is 2. The second kappa shape index (κ2) is 10.4. The van der Waals surface area contributed by atoms with Crippen molar-refractivity contribution in [1.29, 1.82) is 0 Å². The van der Waals surface area contributed by atoms with Gasteiger partial charge in [-0.3, -0.25) is 4.90 Å². The third-order valence-electron chi connectivity index (χ3n) is 4.88. The minimum absolute atomic E-state index is 0. The number of hydrogen-bond donors (Lipinski definition) is 2. The number of benzene rings is 1. The maximum atomic E-state index is 9.07. The highest BCUT2D eigenvalue weighted by Crippen LogP contribution is 2.36. The lowest BCUT2D eigenvalue weighted by Crippen LogP contribution is -2.47. The van der Waals surface area contributed by atoms with E-state index in [0.717, 1.165) is 66.0 Å². The van der Waals surface area contributed by atoms with Crippen molar-refractivity contribution in [3.63, 3.8) is 0 Å². The van der Waals surface area contributed by atoms with Crippen LogP contribution in [0.3, 0.4) is 0 Å². The lowest BCUT2D eigenvalue weighted by molar-refractivity contribution is 0.189. The molecule has 0 amide bonds. The van der Waals surface area contributed by atoms with Crippen LogP contribution >= 0.6 is 48.2 Å². The van der Waals surface area contributed by atoms with E-state index in [2.05, 4.69) is 41.6 Å². The molecule has 1 saturated heterocycles. The highest BCUT2D eigenvalue weighted by atomic mass is 35.5. The smallest absolute Gasteiger partial charge is 0.166 e. The van der Waals surface area contributed by atoms with Crippen molar-refractivity contribution < 1.29 is 5.11 Å². The van der Waals surface area contributed by atoms with E-state index in [4.69, 9.17) is 21.7 Å². The molecule has 0 atom stereocenters. The highest BCUT2D eigenvalue weighted by molar-refractivity contribution is 8.00. The molecule has 0 unspecified atom stereocenters. The van der Waals surface area contributed by atoms with Crippen LogP contribution in [0.2, 0.25) is 5.02 Å². The summed E-state index contributed by atoms with van der Waals surface area (Å²) < 4.78 is 0.156. The molecule has 2 aromatic rings. The monoisotopic (exact) mass is 454 g/mol. The summed E-state index contributed by atoms with van der Waals surface area (Å²) in [4.78, 5) is 12.7. The number of aliphatic hydroxyl groups is 1. The van der Waals surface area contributed by atoms with E-state index in [9.17, 15) is 0 Å². The number of imidazole rings is 1. The first-order valence-electron chi connectivity index (χ1n) is 8.88. The van der Waals surface area contributed by atoms with Crippen LogP contribution in [-0.2, 0) is 0 Å². The molecule has 0 spiro atoms. The van der Waals surface area contributed by atoms with Gasteiger partial charge < -0.3 is 15.0 Å². The number of rotatable bonds is 6. The summed E-state index contributed by atoms with van der Waals surface area (Å²) >= 11 is 8.32. The zero-order valence-electron chi connectivity index (χ0n) is 16.0. The molecule has 1 aromatic carbocycles. The minimum Gasteiger partial charge on any atom is -0.395 e. The lowest BCUT2D eigenvalue weighted by atomic mass is 10.1. The summed E-state index contributed by atoms with van der Waals surface area (Å²) in [7, 11) is 0. The van der Waals surface area contributed by atoms with Crippen LogP contribution < -0.4 is 4.90 Å². The third-order valence-corrected chi connectivity index (χ3v) is 6.41. The normalized spacial score (nSPS) is 15.5. The number of nitrogens with zero attached hydrogens (tertiary/aromatic N) is 3. The zero-order valence-corrected chi connectivity index (χ0v) is 19.2. The van der Waals surface area contributed by atoms with E-state index >= 15 is 0 Å². The van der Waals surface area contributed by atoms with Crippen LogP contribution in [0.1, 0.15) is 27.2 Å². The van der Waals surface area contributed by atoms with E-state index in [1.54, 1.807) is 11.8 Å². The Labute approximate surface area is 183 Å². The Balaban J connectivity index is 0.00000182. The van der Waals surface area contributed by atoms with Gasteiger partial charge in [-0.05, 0) is 18.6 Å². The number of anilines is 1. The van der Waals surface area contributed by atoms with E-state index in [-0.39, 0.29) is 36.2 Å². The van der Waals surface area contributed by atoms with Crippen molar-refractivity contribution in [3.8, 4) is 0 Å². The Morgan fingerprint density at radius 3 is 2.48 bits per heavy atom. The van der Waals surface area contributed by atoms with E-state index in [1.807, 2.05) is 6.07 Å². The number of thioether (sulfide) groups is 1. The number of nitrogens with one attached hydrogen (secondary N) is 1. The second-order valence-corrected chi connectivity index (χ2v) is 9.23. The number of halogens is 3. The van der Waals surface area contributed by atoms with Gasteiger partial charge in [0.25, 0.3) is 0 Å². The average Bonchev–Trinajstić information content (AvgIpc) is 2.95. The molecular weight excluding hydrogens is 427 g/mol. The third kappa shape index (κ3) is 6.05. The van der Waals surface area contributed by atoms with Gasteiger partial charge in [0, 0.05) is 37.5 Å². The van der Waals surface area contributed by atoms with Gasteiger partial charge in [-0.15, -0.1) is 24.8 Å². The van der Waals surface area contributed by atoms with Crippen molar-refractivity contribution in [1.82, 2.24) is 14.9 Å². The second-order valence-electron chi connectivity index (χ2n) is 7.13. The predicted molar refractivity (Wildman–Crippen MR) is 122 cm³/mol. The van der Waals surface area contributed by atoms with Gasteiger partial charge in [0.15, 0.2) is 5.16 Å². The molecule has 0 bridgehead atoms. The standard InChI is InChI=1S/C18H27ClN4OS.2ClH/c1-4-18(2,3)25-17-20-14-11-13(19)16(12-15(14)21-17)23-7-5-22(6-8-23)9-10-24;;/h11-12,24H,4-10H2,1-3H3,(H,20,21);2*1H. The lowest BCUT2D eigenvalue weighted by Gasteiger charge is -2.36. The topological polar surface area (TPSA) is 55.4 Å². The molecule has 154 valence electrons. The number of hydrogen-bond acceptors (Lipinski definition) is 5. The fraction of sp³-hybridized carbons (Fsp3) is 0.611. The fourth-order valence-corrected chi connectivity index (χ4v) is 4.23. The van der Waals surface area contributed by atoms with Gasteiger partial charge in [-0.25, -0.2) is 4.98 Å². The molecule has 1 fully saturated rings. The summed E-state index contributed by atoms with van der Waals surface area (Å²) in [5, 5.41) is 10.8. The first-order valence-corrected chi connectivity index (χ1v) is 10.1. The van der Waals surface area contributed by atoms with Crippen LogP contribution in [0.25, 0.3) is 11.0 Å². The van der Waals surface area contributed by atoms with Gasteiger partial charge >= 0.3 is 0 Å². The van der Waals surface area contributed by atoms with Crippen LogP contribution in [0.4, 0.5) is 5.69 Å². The van der Waals surface area contributed by atoms with Crippen molar-refractivity contribution in [2.45, 2.75) is 37.1 Å². The maximum Gasteiger partial charge on any atom is 0.166 e. The van der Waals surface area contributed by atoms with E-state index < -0.39 is 0 Å². The predicted octanol–water partition coefficient (Wildman–Crippen LogP) is 4.45. The molecule has 1 aromatic heterocycles. The van der Waals surface area contributed by atoms with E-state index in [0.29, 0.717) is 0 Å². The molecule has 5 nitrogen and oxygen atoms in total. The van der Waals surface area contributed by atoms with Gasteiger partial charge in [0.1, 0.15) is 0 Å². The van der Waals surface area contributed by atoms with Crippen molar-refractivity contribution >= 4 is 64.9 Å². The first-order chi connectivity index (χ1) is 11.9. The van der Waals surface area contributed by atoms with Gasteiger partial charge in [0.2, 0.25) is 0 Å². The molecule has 3 rings (SSSR count). The van der Waals surface area contributed by atoms with Crippen molar-refractivity contribution in [3.05, 3.63) is 17.2 Å². The first kappa shape index (κ1) is 24.7. The van der Waals surface area contributed by atoms with E-state index in [1.165, 1.54) is 0 Å². The molecule has 27 heavy (non-hydrogen) atoms. The number of aliphatic hydroxyl groups excluding tert-OH is 1. The summed E-state index contributed by atoms with van der Waals surface area (Å²) in [6.07, 6.45) is 1.08. The van der Waals surface area contributed by atoms with Crippen LogP contribution in [0.5, 0.6) is 0 Å². The quantitative estimate of drug-likeness (QED) is 0.630. The number of fused-ring (bicyclic) bond motifs is 1. The number of piperazine rings is 1. The Morgan fingerprint density at radius 1 is 1.22 bits per heavy atom. The summed E-state index contributed by atoms with van der Waals surface area (Å²) in [5.74, 6) is 0. The SMILES string of the molecule is CCC(C)(C)Sc1nc2cc(N3CCN(CCO)CC3)c(Cl)cc2[nH]1.Cl.Cl. The van der Waals surface area contributed by atoms with Crippen LogP contribution in [-0.4, -0.2) is 64.1 Å². The molecule has 0 radical (unpaired) electrons. The summed E-state index contributed by atoms with van der Waals surface area (Å²) in [5.41, 5.74) is 3.00. The summed E-state index contributed by atoms with van der Waals surface area (Å²) in [6.45, 7) is 11.3. The molecule has 0 saturated carbocycles. The average molecular weight is 456 g/mol. The fourth-order valence-electron chi connectivity index (χ4n) is 2.97. The molecule has 9 heteroatoms. The molecule has 1 aliphatic heterocycles. The Bertz CT molecular complexity index is 733. The molecule has 1 aliphatic rings. The number of aromatic amines is 1. The largest absolute Gasteiger partial charge is 0.395 e. The molecule has 2 heterocycles. The Morgan fingerprint density at radius 2 is 1.89 bits per heavy atom. The number of H-pyrrole nitrogens is 1. The van der Waals surface area contributed by atoms with Crippen molar-refractivity contribution in [2.75, 3.05) is 44.2 Å². The van der Waals surface area contributed by atoms with Gasteiger partial charge in [0.05, 0.1) is 28.4 Å². The maximum absolute atomic E-state index is 9.07. The number of β-amino-alcohol motifs (C(OH)–C–C–N with tert-alkyl or cyclic N) is 1.